The summed E-state index contributed by atoms with van der Waals surface area (Å²) in [7, 11) is 0. The Hall–Kier alpha value is -0.570. The maximum Gasteiger partial charge on any atom is 0.220 e. The summed E-state index contributed by atoms with van der Waals surface area (Å²) in [6, 6.07) is 0.377. The maximum atomic E-state index is 11.8. The average Bonchev–Trinajstić information content (AvgIpc) is 2.39. The zero-order valence-corrected chi connectivity index (χ0v) is 10.8. The first-order valence-electron chi connectivity index (χ1n) is 7.34. The fraction of sp³-hybridized carbons (Fsp3) is 0.929. The van der Waals surface area contributed by atoms with Crippen molar-refractivity contribution in [3.8, 4) is 0 Å². The summed E-state index contributed by atoms with van der Waals surface area (Å²) in [5, 5.41) is 6.49. The van der Waals surface area contributed by atoms with Crippen molar-refractivity contribution in [2.45, 2.75) is 63.8 Å². The van der Waals surface area contributed by atoms with Gasteiger partial charge in [-0.25, -0.2) is 0 Å². The molecule has 2 fully saturated rings. The Morgan fingerprint density at radius 2 is 1.94 bits per heavy atom. The molecule has 1 saturated carbocycles. The summed E-state index contributed by atoms with van der Waals surface area (Å²) in [6.07, 6.45) is 11.0. The highest BCUT2D eigenvalue weighted by Gasteiger charge is 2.17. The van der Waals surface area contributed by atoms with Gasteiger partial charge in [0.1, 0.15) is 0 Å². The molecule has 0 aromatic rings. The maximum absolute atomic E-state index is 11.8. The number of rotatable bonds is 4. The van der Waals surface area contributed by atoms with E-state index in [1.165, 1.54) is 38.5 Å². The molecule has 1 heterocycles. The van der Waals surface area contributed by atoms with Gasteiger partial charge in [0.25, 0.3) is 0 Å². The molecule has 1 aliphatic carbocycles. The number of carbonyl (C=O) groups excluding carboxylic acids is 1. The van der Waals surface area contributed by atoms with Gasteiger partial charge in [-0.2, -0.15) is 0 Å². The SMILES string of the molecule is O=C(CCC1CCCCC1)NC1CCCNC1. The lowest BCUT2D eigenvalue weighted by Crippen LogP contribution is -2.45. The standard InChI is InChI=1S/C14H26N2O/c17-14(16-13-7-4-10-15-11-13)9-8-12-5-2-1-3-6-12/h12-13,15H,1-11H2,(H,16,17). The number of nitrogens with one attached hydrogen (secondary N) is 2. The summed E-state index contributed by atoms with van der Waals surface area (Å²) in [6.45, 7) is 2.06. The van der Waals surface area contributed by atoms with E-state index in [9.17, 15) is 4.79 Å². The van der Waals surface area contributed by atoms with Gasteiger partial charge < -0.3 is 10.6 Å². The Bertz CT molecular complexity index is 230. The molecule has 0 aromatic heterocycles. The van der Waals surface area contributed by atoms with Gasteiger partial charge in [-0.1, -0.05) is 32.1 Å². The molecule has 17 heavy (non-hydrogen) atoms. The summed E-state index contributed by atoms with van der Waals surface area (Å²) >= 11 is 0. The van der Waals surface area contributed by atoms with Crippen LogP contribution in [0.1, 0.15) is 57.8 Å². The third kappa shape index (κ3) is 4.66. The summed E-state index contributed by atoms with van der Waals surface area (Å²) in [4.78, 5) is 11.8. The number of hydrogen-bond donors (Lipinski definition) is 2. The van der Waals surface area contributed by atoms with Crippen LogP contribution in [0, 0.1) is 5.92 Å². The van der Waals surface area contributed by atoms with Crippen LogP contribution in [-0.2, 0) is 4.79 Å². The molecule has 3 nitrogen and oxygen atoms in total. The fourth-order valence-corrected chi connectivity index (χ4v) is 3.09. The van der Waals surface area contributed by atoms with Gasteiger partial charge in [-0.05, 0) is 31.7 Å². The van der Waals surface area contributed by atoms with Crippen LogP contribution in [0.15, 0.2) is 0 Å². The average molecular weight is 238 g/mol. The molecular weight excluding hydrogens is 212 g/mol. The first-order chi connectivity index (χ1) is 8.34. The molecule has 0 radical (unpaired) electrons. The van der Waals surface area contributed by atoms with Crippen LogP contribution in [0.5, 0.6) is 0 Å². The molecule has 1 atom stereocenters. The van der Waals surface area contributed by atoms with Crippen LogP contribution in [-0.4, -0.2) is 25.0 Å². The van der Waals surface area contributed by atoms with Gasteiger partial charge >= 0.3 is 0 Å². The van der Waals surface area contributed by atoms with E-state index in [0.29, 0.717) is 6.04 Å². The van der Waals surface area contributed by atoms with E-state index in [1.807, 2.05) is 0 Å². The van der Waals surface area contributed by atoms with Crippen molar-refractivity contribution >= 4 is 5.91 Å². The number of hydrogen-bond acceptors (Lipinski definition) is 2. The quantitative estimate of drug-likeness (QED) is 0.788. The van der Waals surface area contributed by atoms with E-state index in [2.05, 4.69) is 10.6 Å². The number of amides is 1. The van der Waals surface area contributed by atoms with E-state index >= 15 is 0 Å². The van der Waals surface area contributed by atoms with Gasteiger partial charge in [-0.15, -0.1) is 0 Å². The van der Waals surface area contributed by atoms with Crippen LogP contribution in [0.2, 0.25) is 0 Å². The topological polar surface area (TPSA) is 41.1 Å². The second-order valence-corrected chi connectivity index (χ2v) is 5.65. The van der Waals surface area contributed by atoms with E-state index in [4.69, 9.17) is 0 Å². The van der Waals surface area contributed by atoms with Crippen molar-refractivity contribution in [1.29, 1.82) is 0 Å². The van der Waals surface area contributed by atoms with Gasteiger partial charge in [-0.3, -0.25) is 4.79 Å². The summed E-state index contributed by atoms with van der Waals surface area (Å²) in [5.74, 6) is 1.09. The zero-order valence-electron chi connectivity index (χ0n) is 10.8. The third-order valence-electron chi connectivity index (χ3n) is 4.17. The van der Waals surface area contributed by atoms with Crippen LogP contribution < -0.4 is 10.6 Å². The molecule has 1 saturated heterocycles. The molecule has 0 spiro atoms. The summed E-state index contributed by atoms with van der Waals surface area (Å²) < 4.78 is 0. The Morgan fingerprint density at radius 3 is 2.65 bits per heavy atom. The second-order valence-electron chi connectivity index (χ2n) is 5.65. The molecule has 98 valence electrons. The van der Waals surface area contributed by atoms with Crippen molar-refractivity contribution in [1.82, 2.24) is 10.6 Å². The smallest absolute Gasteiger partial charge is 0.220 e. The fourth-order valence-electron chi connectivity index (χ4n) is 3.09. The number of carbonyl (C=O) groups is 1. The molecule has 1 aliphatic heterocycles. The van der Waals surface area contributed by atoms with Crippen molar-refractivity contribution in [2.24, 2.45) is 5.92 Å². The van der Waals surface area contributed by atoms with Crippen LogP contribution in [0.4, 0.5) is 0 Å². The first kappa shape index (κ1) is 12.9. The predicted octanol–water partition coefficient (Wildman–Crippen LogP) is 2.22. The Balaban J connectivity index is 1.59. The van der Waals surface area contributed by atoms with Gasteiger partial charge in [0, 0.05) is 19.0 Å². The molecule has 0 aromatic carbocycles. The highest BCUT2D eigenvalue weighted by Crippen LogP contribution is 2.27. The third-order valence-corrected chi connectivity index (χ3v) is 4.17. The second kappa shape index (κ2) is 7.00. The van der Waals surface area contributed by atoms with Crippen LogP contribution in [0.3, 0.4) is 0 Å². The van der Waals surface area contributed by atoms with Gasteiger partial charge in [0.2, 0.25) is 5.91 Å². The van der Waals surface area contributed by atoms with Crippen molar-refractivity contribution in [2.75, 3.05) is 13.1 Å². The normalized spacial score (nSPS) is 26.7. The van der Waals surface area contributed by atoms with Crippen molar-refractivity contribution in [3.63, 3.8) is 0 Å². The molecule has 3 heteroatoms. The summed E-state index contributed by atoms with van der Waals surface area (Å²) in [5.41, 5.74) is 0. The zero-order chi connectivity index (χ0) is 11.9. The Morgan fingerprint density at radius 1 is 1.12 bits per heavy atom. The molecule has 1 amide bonds. The highest BCUT2D eigenvalue weighted by molar-refractivity contribution is 5.76. The van der Waals surface area contributed by atoms with E-state index in [-0.39, 0.29) is 5.91 Å². The monoisotopic (exact) mass is 238 g/mol. The lowest BCUT2D eigenvalue weighted by molar-refractivity contribution is -0.122. The van der Waals surface area contributed by atoms with Crippen LogP contribution in [0.25, 0.3) is 0 Å². The minimum Gasteiger partial charge on any atom is -0.352 e. The highest BCUT2D eigenvalue weighted by atomic mass is 16.1. The molecule has 2 rings (SSSR count). The van der Waals surface area contributed by atoms with E-state index < -0.39 is 0 Å². The van der Waals surface area contributed by atoms with Gasteiger partial charge in [0.05, 0.1) is 0 Å². The van der Waals surface area contributed by atoms with Crippen LogP contribution >= 0.6 is 0 Å². The van der Waals surface area contributed by atoms with Gasteiger partial charge in [0.15, 0.2) is 0 Å². The minimum atomic E-state index is 0.268. The molecule has 2 aliphatic rings. The van der Waals surface area contributed by atoms with Crippen molar-refractivity contribution < 1.29 is 4.79 Å². The lowest BCUT2D eigenvalue weighted by atomic mass is 9.86. The Labute approximate surface area is 105 Å². The van der Waals surface area contributed by atoms with E-state index in [1.54, 1.807) is 0 Å². The van der Waals surface area contributed by atoms with Crippen molar-refractivity contribution in [3.05, 3.63) is 0 Å². The Kier molecular flexibility index (Phi) is 5.30. The first-order valence-corrected chi connectivity index (χ1v) is 7.34. The molecule has 1 unspecified atom stereocenters. The molecular formula is C14H26N2O. The largest absolute Gasteiger partial charge is 0.352 e. The molecule has 2 N–H and O–H groups in total. The minimum absolute atomic E-state index is 0.268. The lowest BCUT2D eigenvalue weighted by Gasteiger charge is -2.25. The number of piperidine rings is 1. The van der Waals surface area contributed by atoms with E-state index in [0.717, 1.165) is 38.3 Å². The molecule has 0 bridgehead atoms. The predicted molar refractivity (Wildman–Crippen MR) is 69.8 cm³/mol.